The van der Waals surface area contributed by atoms with E-state index in [9.17, 15) is 4.79 Å². The number of nitrogens with zero attached hydrogens (tertiary/aromatic N) is 2. The average Bonchev–Trinajstić information content (AvgIpc) is 2.48. The molecule has 0 radical (unpaired) electrons. The predicted octanol–water partition coefficient (Wildman–Crippen LogP) is 3.93. The lowest BCUT2D eigenvalue weighted by Gasteiger charge is -2.09. The van der Waals surface area contributed by atoms with Crippen LogP contribution in [0.25, 0.3) is 11.0 Å². The number of aromatic nitrogens is 2. The molecule has 4 nitrogen and oxygen atoms in total. The van der Waals surface area contributed by atoms with Crippen LogP contribution >= 0.6 is 0 Å². The van der Waals surface area contributed by atoms with Crippen molar-refractivity contribution in [3.63, 3.8) is 0 Å². The molecule has 0 saturated carbocycles. The number of aryl methyl sites for hydroxylation is 1. The van der Waals surface area contributed by atoms with Crippen LogP contribution in [-0.4, -0.2) is 15.8 Å². The summed E-state index contributed by atoms with van der Waals surface area (Å²) in [4.78, 5) is 20.4. The number of hydrogen-bond acceptors (Lipinski definition) is 4. The van der Waals surface area contributed by atoms with Crippen LogP contribution in [0.2, 0.25) is 0 Å². The fourth-order valence-corrected chi connectivity index (χ4v) is 2.06. The van der Waals surface area contributed by atoms with Gasteiger partial charge in [0, 0.05) is 5.56 Å². The summed E-state index contributed by atoms with van der Waals surface area (Å²) in [6.07, 6.45) is 0. The summed E-state index contributed by atoms with van der Waals surface area (Å²) in [7, 11) is 0. The summed E-state index contributed by atoms with van der Waals surface area (Å²) in [5.41, 5.74) is 2.93. The van der Waals surface area contributed by atoms with Crippen molar-refractivity contribution in [2.45, 2.75) is 13.8 Å². The van der Waals surface area contributed by atoms with Gasteiger partial charge in [0.15, 0.2) is 5.78 Å². The van der Waals surface area contributed by atoms with Gasteiger partial charge in [0.25, 0.3) is 0 Å². The van der Waals surface area contributed by atoms with E-state index in [2.05, 4.69) is 9.97 Å². The highest BCUT2D eigenvalue weighted by atomic mass is 16.5. The Hall–Kier alpha value is -2.75. The lowest BCUT2D eigenvalue weighted by atomic mass is 10.1. The molecule has 3 aromatic rings. The first-order valence-electron chi connectivity index (χ1n) is 6.66. The van der Waals surface area contributed by atoms with Crippen molar-refractivity contribution in [1.82, 2.24) is 9.97 Å². The Bertz CT molecular complexity index is 828. The fraction of sp³-hybridized carbons (Fsp3) is 0.118. The molecule has 0 atom stereocenters. The molecule has 0 N–H and O–H groups in total. The van der Waals surface area contributed by atoms with Crippen molar-refractivity contribution in [3.05, 3.63) is 59.8 Å². The summed E-state index contributed by atoms with van der Waals surface area (Å²) in [5.74, 6) is 1.03. The van der Waals surface area contributed by atoms with Crippen molar-refractivity contribution in [1.29, 1.82) is 0 Å². The number of para-hydroxylation sites is 2. The predicted molar refractivity (Wildman–Crippen MR) is 80.8 cm³/mol. The molecule has 0 aliphatic rings. The first kappa shape index (κ1) is 13.2. The Morgan fingerprint density at radius 1 is 1.00 bits per heavy atom. The first-order valence-corrected chi connectivity index (χ1v) is 6.66. The standard InChI is InChI=1S/C17H14N2O2/c1-11-17(19-16-9-4-3-8-15(16)18-11)21-14-7-5-6-13(10-14)12(2)20/h3-10H,1-2H3. The van der Waals surface area contributed by atoms with E-state index in [0.717, 1.165) is 11.0 Å². The lowest BCUT2D eigenvalue weighted by Crippen LogP contribution is -1.97. The van der Waals surface area contributed by atoms with Crippen LogP contribution in [0.15, 0.2) is 48.5 Å². The second-order valence-corrected chi connectivity index (χ2v) is 4.79. The second kappa shape index (κ2) is 5.32. The third-order valence-electron chi connectivity index (χ3n) is 3.16. The summed E-state index contributed by atoms with van der Waals surface area (Å²) in [6.45, 7) is 3.38. The van der Waals surface area contributed by atoms with Crippen LogP contribution in [0.4, 0.5) is 0 Å². The monoisotopic (exact) mass is 278 g/mol. The van der Waals surface area contributed by atoms with Crippen LogP contribution < -0.4 is 4.74 Å². The van der Waals surface area contributed by atoms with Crippen molar-refractivity contribution >= 4 is 16.8 Å². The smallest absolute Gasteiger partial charge is 0.241 e. The van der Waals surface area contributed by atoms with Crippen molar-refractivity contribution in [2.24, 2.45) is 0 Å². The van der Waals surface area contributed by atoms with Gasteiger partial charge in [0.2, 0.25) is 5.88 Å². The maximum atomic E-state index is 11.4. The molecule has 0 aliphatic heterocycles. The van der Waals surface area contributed by atoms with Crippen LogP contribution in [0.5, 0.6) is 11.6 Å². The number of rotatable bonds is 3. The van der Waals surface area contributed by atoms with Gasteiger partial charge in [-0.25, -0.2) is 9.97 Å². The number of benzene rings is 2. The van der Waals surface area contributed by atoms with Gasteiger partial charge in [-0.15, -0.1) is 0 Å². The van der Waals surface area contributed by atoms with Crippen molar-refractivity contribution in [2.75, 3.05) is 0 Å². The minimum Gasteiger partial charge on any atom is -0.437 e. The molecule has 0 aliphatic carbocycles. The van der Waals surface area contributed by atoms with Crippen LogP contribution in [0.3, 0.4) is 0 Å². The molecule has 2 aromatic carbocycles. The normalized spacial score (nSPS) is 10.6. The number of carbonyl (C=O) groups is 1. The van der Waals surface area contributed by atoms with E-state index in [1.54, 1.807) is 24.3 Å². The molecule has 0 fully saturated rings. The van der Waals surface area contributed by atoms with E-state index in [-0.39, 0.29) is 5.78 Å². The maximum Gasteiger partial charge on any atom is 0.241 e. The highest BCUT2D eigenvalue weighted by Crippen LogP contribution is 2.25. The van der Waals surface area contributed by atoms with Gasteiger partial charge in [0.05, 0.1) is 11.0 Å². The molecule has 104 valence electrons. The molecular formula is C17H14N2O2. The summed E-state index contributed by atoms with van der Waals surface area (Å²) in [5, 5.41) is 0. The van der Waals surface area contributed by atoms with Gasteiger partial charge < -0.3 is 4.74 Å². The largest absolute Gasteiger partial charge is 0.437 e. The average molecular weight is 278 g/mol. The molecule has 3 rings (SSSR count). The number of fused-ring (bicyclic) bond motifs is 1. The zero-order valence-corrected chi connectivity index (χ0v) is 11.8. The van der Waals surface area contributed by atoms with E-state index < -0.39 is 0 Å². The molecular weight excluding hydrogens is 264 g/mol. The third kappa shape index (κ3) is 2.74. The number of ether oxygens (including phenoxy) is 1. The van der Waals surface area contributed by atoms with E-state index in [1.165, 1.54) is 6.92 Å². The van der Waals surface area contributed by atoms with Gasteiger partial charge >= 0.3 is 0 Å². The quantitative estimate of drug-likeness (QED) is 0.681. The Balaban J connectivity index is 1.99. The molecule has 0 amide bonds. The highest BCUT2D eigenvalue weighted by molar-refractivity contribution is 5.94. The van der Waals surface area contributed by atoms with Gasteiger partial charge in [-0.2, -0.15) is 0 Å². The molecule has 0 spiro atoms. The second-order valence-electron chi connectivity index (χ2n) is 4.79. The zero-order chi connectivity index (χ0) is 14.8. The topological polar surface area (TPSA) is 52.1 Å². The van der Waals surface area contributed by atoms with Crippen LogP contribution in [-0.2, 0) is 0 Å². The molecule has 1 heterocycles. The fourth-order valence-electron chi connectivity index (χ4n) is 2.06. The van der Waals surface area contributed by atoms with Gasteiger partial charge in [0.1, 0.15) is 11.4 Å². The molecule has 0 saturated heterocycles. The minimum absolute atomic E-state index is 0.00164. The Kier molecular flexibility index (Phi) is 3.36. The molecule has 0 bridgehead atoms. The molecule has 4 heteroatoms. The van der Waals surface area contributed by atoms with Gasteiger partial charge in [-0.3, -0.25) is 4.79 Å². The van der Waals surface area contributed by atoms with Crippen LogP contribution in [0, 0.1) is 6.92 Å². The Morgan fingerprint density at radius 3 is 2.43 bits per heavy atom. The molecule has 0 unspecified atom stereocenters. The van der Waals surface area contributed by atoms with E-state index in [0.29, 0.717) is 22.9 Å². The Labute approximate surface area is 122 Å². The lowest BCUT2D eigenvalue weighted by molar-refractivity contribution is 0.101. The number of ketones is 1. The van der Waals surface area contributed by atoms with E-state index in [1.807, 2.05) is 31.2 Å². The summed E-state index contributed by atoms with van der Waals surface area (Å²) >= 11 is 0. The maximum absolute atomic E-state index is 11.4. The van der Waals surface area contributed by atoms with Crippen molar-refractivity contribution < 1.29 is 9.53 Å². The minimum atomic E-state index is 0.00164. The van der Waals surface area contributed by atoms with Gasteiger partial charge in [-0.05, 0) is 38.1 Å². The Morgan fingerprint density at radius 2 is 1.71 bits per heavy atom. The number of hydrogen-bond donors (Lipinski definition) is 0. The van der Waals surface area contributed by atoms with Crippen LogP contribution in [0.1, 0.15) is 23.0 Å². The van der Waals surface area contributed by atoms with Gasteiger partial charge in [-0.1, -0.05) is 24.3 Å². The highest BCUT2D eigenvalue weighted by Gasteiger charge is 2.08. The first-order chi connectivity index (χ1) is 10.1. The number of carbonyl (C=O) groups excluding carboxylic acids is 1. The van der Waals surface area contributed by atoms with E-state index in [4.69, 9.17) is 4.74 Å². The SMILES string of the molecule is CC(=O)c1cccc(Oc2nc3ccccc3nc2C)c1. The zero-order valence-electron chi connectivity index (χ0n) is 11.8. The molecule has 21 heavy (non-hydrogen) atoms. The number of Topliss-reactive ketones (excluding diaryl/α,β-unsaturated/α-hetero) is 1. The van der Waals surface area contributed by atoms with Crippen molar-refractivity contribution in [3.8, 4) is 11.6 Å². The molecule has 1 aromatic heterocycles. The third-order valence-corrected chi connectivity index (χ3v) is 3.16. The van der Waals surface area contributed by atoms with E-state index >= 15 is 0 Å². The summed E-state index contributed by atoms with van der Waals surface area (Å²) < 4.78 is 5.78. The summed E-state index contributed by atoms with van der Waals surface area (Å²) in [6, 6.07) is 14.7.